The Bertz CT molecular complexity index is 1310. The summed E-state index contributed by atoms with van der Waals surface area (Å²) in [6.07, 6.45) is -3.51. The van der Waals surface area contributed by atoms with Gasteiger partial charge in [-0.05, 0) is 30.7 Å². The summed E-state index contributed by atoms with van der Waals surface area (Å²) >= 11 is 0. The van der Waals surface area contributed by atoms with Gasteiger partial charge in [0.1, 0.15) is 18.1 Å². The number of halogens is 3. The zero-order valence-corrected chi connectivity index (χ0v) is 21.2. The number of ether oxygens (including phenoxy) is 3. The maximum absolute atomic E-state index is 13.0. The predicted molar refractivity (Wildman–Crippen MR) is 137 cm³/mol. The van der Waals surface area contributed by atoms with Crippen molar-refractivity contribution in [1.29, 1.82) is 0 Å². The first-order valence-corrected chi connectivity index (χ1v) is 12.5. The van der Waals surface area contributed by atoms with Gasteiger partial charge in [0.15, 0.2) is 5.76 Å². The first-order valence-electron chi connectivity index (χ1n) is 12.5. The predicted octanol–water partition coefficient (Wildman–Crippen LogP) is 4.53. The highest BCUT2D eigenvalue weighted by atomic mass is 19.4. The summed E-state index contributed by atoms with van der Waals surface area (Å²) < 4.78 is 60.2. The van der Waals surface area contributed by atoms with Gasteiger partial charge in [0.2, 0.25) is 0 Å². The molecule has 2 saturated heterocycles. The van der Waals surface area contributed by atoms with Crippen molar-refractivity contribution in [2.45, 2.75) is 13.3 Å². The molecule has 0 saturated carbocycles. The minimum atomic E-state index is -4.90. The molecule has 2 aliphatic heterocycles. The molecule has 2 amide bonds. The molecule has 2 aromatic carbocycles. The molecule has 2 N–H and O–H groups in total. The summed E-state index contributed by atoms with van der Waals surface area (Å²) in [6, 6.07) is 9.24. The average molecular weight is 548 g/mol. The number of amides is 2. The molecule has 2 aliphatic rings. The Hall–Kier alpha value is -3.97. The molecule has 0 atom stereocenters. The Morgan fingerprint density at radius 2 is 1.92 bits per heavy atom. The van der Waals surface area contributed by atoms with E-state index in [1.54, 1.807) is 6.07 Å². The number of aryl methyl sites for hydroxylation is 1. The van der Waals surface area contributed by atoms with Crippen molar-refractivity contribution in [3.63, 3.8) is 0 Å². The van der Waals surface area contributed by atoms with Crippen molar-refractivity contribution in [2.75, 3.05) is 62.8 Å². The number of hydrogen-bond acceptors (Lipinski definition) is 8. The second-order valence-corrected chi connectivity index (χ2v) is 9.08. The molecular weight excluding hydrogens is 519 g/mol. The lowest BCUT2D eigenvalue weighted by Crippen LogP contribution is -2.38. The largest absolute Gasteiger partial charge is 0.573 e. The van der Waals surface area contributed by atoms with E-state index in [2.05, 4.69) is 25.3 Å². The molecular formula is C26H28F3N5O5. The molecule has 39 heavy (non-hydrogen) atoms. The van der Waals surface area contributed by atoms with Gasteiger partial charge in [-0.2, -0.15) is 0 Å². The van der Waals surface area contributed by atoms with Crippen LogP contribution in [-0.2, 0) is 4.74 Å². The van der Waals surface area contributed by atoms with Crippen LogP contribution < -0.4 is 25.0 Å². The number of oxazole rings is 1. The number of morpholine rings is 1. The van der Waals surface area contributed by atoms with Crippen LogP contribution >= 0.6 is 0 Å². The number of alkyl halides is 3. The molecule has 10 nitrogen and oxygen atoms in total. The maximum Gasteiger partial charge on any atom is 0.573 e. The zero-order chi connectivity index (χ0) is 27.4. The van der Waals surface area contributed by atoms with Crippen molar-refractivity contribution in [1.82, 2.24) is 15.2 Å². The smallest absolute Gasteiger partial charge is 0.492 e. The highest BCUT2D eigenvalue weighted by molar-refractivity contribution is 5.95. The lowest BCUT2D eigenvalue weighted by molar-refractivity contribution is -0.274. The number of carbonyl (C=O) groups is 1. The van der Waals surface area contributed by atoms with Crippen molar-refractivity contribution < 1.29 is 36.6 Å². The van der Waals surface area contributed by atoms with Crippen LogP contribution in [0.1, 0.15) is 5.56 Å². The van der Waals surface area contributed by atoms with Crippen LogP contribution in [0.15, 0.2) is 47.0 Å². The first-order chi connectivity index (χ1) is 18.7. The minimum absolute atomic E-state index is 0.140. The molecule has 5 rings (SSSR count). The van der Waals surface area contributed by atoms with Crippen LogP contribution in [0.5, 0.6) is 11.5 Å². The highest BCUT2D eigenvalue weighted by Gasteiger charge is 2.32. The van der Waals surface area contributed by atoms with Gasteiger partial charge in [0, 0.05) is 61.8 Å². The van der Waals surface area contributed by atoms with Crippen LogP contribution in [-0.4, -0.2) is 74.8 Å². The van der Waals surface area contributed by atoms with Gasteiger partial charge in [-0.1, -0.05) is 6.07 Å². The molecule has 2 fully saturated rings. The minimum Gasteiger partial charge on any atom is -0.492 e. The van der Waals surface area contributed by atoms with Crippen LogP contribution in [0.4, 0.5) is 35.4 Å². The first kappa shape index (κ1) is 26.6. The molecule has 1 aromatic heterocycles. The van der Waals surface area contributed by atoms with Crippen LogP contribution in [0, 0.1) is 6.92 Å². The molecule has 3 heterocycles. The third-order valence-electron chi connectivity index (χ3n) is 6.31. The number of benzene rings is 2. The Labute approximate surface area is 222 Å². The van der Waals surface area contributed by atoms with Crippen LogP contribution in [0.25, 0.3) is 11.3 Å². The average Bonchev–Trinajstić information content (AvgIpc) is 3.54. The van der Waals surface area contributed by atoms with Crippen molar-refractivity contribution in [3.05, 3.63) is 48.2 Å². The zero-order valence-electron chi connectivity index (χ0n) is 21.2. The third kappa shape index (κ3) is 6.92. The van der Waals surface area contributed by atoms with E-state index >= 15 is 0 Å². The highest BCUT2D eigenvalue weighted by Crippen LogP contribution is 2.35. The monoisotopic (exact) mass is 547 g/mol. The van der Waals surface area contributed by atoms with Crippen molar-refractivity contribution >= 4 is 23.4 Å². The lowest BCUT2D eigenvalue weighted by atomic mass is 10.1. The van der Waals surface area contributed by atoms with Gasteiger partial charge >= 0.3 is 12.4 Å². The Balaban J connectivity index is 1.31. The number of aromatic nitrogens is 1. The number of urea groups is 1. The van der Waals surface area contributed by atoms with E-state index in [4.69, 9.17) is 13.9 Å². The molecule has 0 spiro atoms. The molecule has 0 radical (unpaired) electrons. The van der Waals surface area contributed by atoms with Gasteiger partial charge in [-0.25, -0.2) is 9.78 Å². The van der Waals surface area contributed by atoms with Gasteiger partial charge in [0.05, 0.1) is 19.4 Å². The van der Waals surface area contributed by atoms with Crippen LogP contribution in [0.3, 0.4) is 0 Å². The Kier molecular flexibility index (Phi) is 7.79. The summed E-state index contributed by atoms with van der Waals surface area (Å²) in [6.45, 7) is 7.14. The molecule has 13 heteroatoms. The number of nitrogens with one attached hydrogen (secondary N) is 2. The molecule has 0 bridgehead atoms. The third-order valence-corrected chi connectivity index (χ3v) is 6.31. The number of carbonyl (C=O) groups excluding carboxylic acids is 1. The number of anilines is 3. The number of hydrogen-bond donors (Lipinski definition) is 2. The van der Waals surface area contributed by atoms with Gasteiger partial charge < -0.3 is 29.3 Å². The summed E-state index contributed by atoms with van der Waals surface area (Å²) in [4.78, 5) is 20.0. The van der Waals surface area contributed by atoms with E-state index in [0.717, 1.165) is 44.5 Å². The van der Waals surface area contributed by atoms with E-state index in [1.165, 1.54) is 17.2 Å². The van der Waals surface area contributed by atoms with Gasteiger partial charge in [-0.15, -0.1) is 13.2 Å². The summed E-state index contributed by atoms with van der Waals surface area (Å²) in [5.41, 5.74) is 2.13. The second-order valence-electron chi connectivity index (χ2n) is 9.08. The molecule has 3 aromatic rings. The topological polar surface area (TPSA) is 101 Å². The van der Waals surface area contributed by atoms with E-state index in [0.29, 0.717) is 31.1 Å². The molecule has 0 unspecified atom stereocenters. The summed E-state index contributed by atoms with van der Waals surface area (Å²) in [5.74, 6) is 0.397. The standard InChI is InChI=1S/C26H28F3N5O5/c1-17-2-3-20(37-11-8-33-6-9-36-10-7-33)15-22(17)32-24-31-16-23(38-24)18-12-19(34-5-4-30-25(34)35)14-21(13-18)39-26(27,28)29/h2-3,12-16H,4-11H2,1H3,(H,30,35)(H,31,32). The fraction of sp³-hybridized carbons (Fsp3) is 0.385. The van der Waals surface area contributed by atoms with Crippen molar-refractivity contribution in [2.24, 2.45) is 0 Å². The molecule has 0 aliphatic carbocycles. The fourth-order valence-corrected chi connectivity index (χ4v) is 4.32. The fourth-order valence-electron chi connectivity index (χ4n) is 4.32. The van der Waals surface area contributed by atoms with Crippen LogP contribution in [0.2, 0.25) is 0 Å². The summed E-state index contributed by atoms with van der Waals surface area (Å²) in [5, 5.41) is 5.73. The quantitative estimate of drug-likeness (QED) is 0.403. The van der Waals surface area contributed by atoms with E-state index in [9.17, 15) is 18.0 Å². The summed E-state index contributed by atoms with van der Waals surface area (Å²) in [7, 11) is 0. The second kappa shape index (κ2) is 11.4. The normalized spacial score (nSPS) is 16.3. The van der Waals surface area contributed by atoms with E-state index < -0.39 is 18.1 Å². The SMILES string of the molecule is Cc1ccc(OCCN2CCOCC2)cc1Nc1ncc(-c2cc(OC(F)(F)F)cc(N3CCNC3=O)c2)o1. The molecule has 208 valence electrons. The van der Waals surface area contributed by atoms with E-state index in [1.807, 2.05) is 25.1 Å². The lowest BCUT2D eigenvalue weighted by Gasteiger charge is -2.26. The number of nitrogens with zero attached hydrogens (tertiary/aromatic N) is 3. The van der Waals surface area contributed by atoms with E-state index in [-0.39, 0.29) is 23.0 Å². The Morgan fingerprint density at radius 3 is 2.67 bits per heavy atom. The van der Waals surface area contributed by atoms with Gasteiger partial charge in [0.25, 0.3) is 6.01 Å². The number of rotatable bonds is 9. The van der Waals surface area contributed by atoms with Crippen molar-refractivity contribution in [3.8, 4) is 22.8 Å². The maximum atomic E-state index is 13.0. The Morgan fingerprint density at radius 1 is 1.10 bits per heavy atom. The van der Waals surface area contributed by atoms with Gasteiger partial charge in [-0.3, -0.25) is 9.80 Å².